The van der Waals surface area contributed by atoms with E-state index in [-0.39, 0.29) is 0 Å². The molecule has 2 N–H and O–H groups in total. The van der Waals surface area contributed by atoms with Crippen LogP contribution in [0, 0.1) is 5.41 Å². The first-order chi connectivity index (χ1) is 9.59. The molecule has 0 radical (unpaired) electrons. The lowest BCUT2D eigenvalue weighted by atomic mass is 9.70. The molecular weight excluding hydrogens is 270 g/mol. The van der Waals surface area contributed by atoms with Crippen LogP contribution in [0.2, 0.25) is 0 Å². The minimum atomic E-state index is -0.821. The summed E-state index contributed by atoms with van der Waals surface area (Å²) in [5.41, 5.74) is 1.34. The molecule has 4 heteroatoms. The molecule has 1 saturated carbocycles. The molecule has 0 spiro atoms. The Morgan fingerprint density at radius 3 is 2.80 bits per heavy atom. The predicted molar refractivity (Wildman–Crippen MR) is 82.4 cm³/mol. The van der Waals surface area contributed by atoms with E-state index in [2.05, 4.69) is 12.2 Å². The third-order valence-corrected chi connectivity index (χ3v) is 5.51. The zero-order valence-corrected chi connectivity index (χ0v) is 12.4. The van der Waals surface area contributed by atoms with Crippen molar-refractivity contribution in [3.8, 4) is 0 Å². The molecule has 1 aromatic carbocycles. The molecule has 3 nitrogen and oxygen atoms in total. The van der Waals surface area contributed by atoms with Crippen LogP contribution in [0.25, 0.3) is 10.1 Å². The zero-order chi connectivity index (χ0) is 14.2. The minimum Gasteiger partial charge on any atom is -0.477 e. The lowest BCUT2D eigenvalue weighted by Crippen LogP contribution is -2.37. The minimum absolute atomic E-state index is 0.412. The molecule has 3 rings (SSSR count). The highest BCUT2D eigenvalue weighted by molar-refractivity contribution is 7.21. The fourth-order valence-electron chi connectivity index (χ4n) is 2.89. The van der Waals surface area contributed by atoms with E-state index in [1.807, 2.05) is 24.3 Å². The first-order valence-corrected chi connectivity index (χ1v) is 7.85. The Balaban J connectivity index is 1.81. The molecule has 1 aliphatic carbocycles. The summed E-state index contributed by atoms with van der Waals surface area (Å²) < 4.78 is 1.05. The number of nitrogens with one attached hydrogen (secondary N) is 1. The Bertz CT molecular complexity index is 643. The first kappa shape index (κ1) is 13.6. The summed E-state index contributed by atoms with van der Waals surface area (Å²) in [4.78, 5) is 11.9. The molecule has 2 aromatic rings. The summed E-state index contributed by atoms with van der Waals surface area (Å²) in [6, 6.07) is 7.93. The van der Waals surface area contributed by atoms with Crippen LogP contribution < -0.4 is 5.32 Å². The molecule has 1 heterocycles. The number of benzene rings is 1. The second kappa shape index (κ2) is 5.19. The van der Waals surface area contributed by atoms with Gasteiger partial charge in [0.05, 0.1) is 0 Å². The molecule has 0 saturated heterocycles. The van der Waals surface area contributed by atoms with Crippen molar-refractivity contribution in [1.29, 1.82) is 0 Å². The second-order valence-corrected chi connectivity index (χ2v) is 7.03. The number of fused-ring (bicyclic) bond motifs is 1. The van der Waals surface area contributed by atoms with Gasteiger partial charge in [-0.1, -0.05) is 31.5 Å². The van der Waals surface area contributed by atoms with Gasteiger partial charge in [0.1, 0.15) is 4.88 Å². The average Bonchev–Trinajstić information content (AvgIpc) is 2.76. The maximum Gasteiger partial charge on any atom is 0.346 e. The number of aromatic carboxylic acids is 1. The Morgan fingerprint density at radius 2 is 2.15 bits per heavy atom. The van der Waals surface area contributed by atoms with Crippen molar-refractivity contribution in [2.75, 3.05) is 6.54 Å². The predicted octanol–water partition coefficient (Wildman–Crippen LogP) is 3.88. The fourth-order valence-corrected chi connectivity index (χ4v) is 3.95. The maximum atomic E-state index is 11.4. The largest absolute Gasteiger partial charge is 0.477 e. The molecule has 0 aliphatic heterocycles. The standard InChI is InChI=1S/C16H19NO2S/c1-16(7-4-8-16)10-17-9-12-11-5-2-3-6-13(11)20-14(12)15(18)19/h2-3,5-6,17H,4,7-10H2,1H3,(H,18,19). The Labute approximate surface area is 122 Å². The third kappa shape index (κ3) is 2.45. The summed E-state index contributed by atoms with van der Waals surface area (Å²) in [6.07, 6.45) is 3.87. The highest BCUT2D eigenvalue weighted by atomic mass is 32.1. The van der Waals surface area contributed by atoms with Crippen molar-refractivity contribution in [2.45, 2.75) is 32.7 Å². The molecule has 0 bridgehead atoms. The summed E-state index contributed by atoms with van der Waals surface area (Å²) in [5, 5.41) is 13.9. The number of hydrogen-bond acceptors (Lipinski definition) is 3. The van der Waals surface area contributed by atoms with Crippen molar-refractivity contribution >= 4 is 27.4 Å². The van der Waals surface area contributed by atoms with Crippen LogP contribution >= 0.6 is 11.3 Å². The molecule has 0 unspecified atom stereocenters. The second-order valence-electron chi connectivity index (χ2n) is 5.98. The smallest absolute Gasteiger partial charge is 0.346 e. The van der Waals surface area contributed by atoms with Gasteiger partial charge < -0.3 is 10.4 Å². The monoisotopic (exact) mass is 289 g/mol. The van der Waals surface area contributed by atoms with Crippen molar-refractivity contribution in [1.82, 2.24) is 5.32 Å². The Hall–Kier alpha value is -1.39. The number of carboxylic acid groups (broad SMARTS) is 1. The van der Waals surface area contributed by atoms with Crippen molar-refractivity contribution in [2.24, 2.45) is 5.41 Å². The topological polar surface area (TPSA) is 49.3 Å². The van der Waals surface area contributed by atoms with E-state index < -0.39 is 5.97 Å². The molecule has 0 amide bonds. The number of carbonyl (C=O) groups is 1. The van der Waals surface area contributed by atoms with E-state index in [0.717, 1.165) is 22.2 Å². The molecule has 1 aromatic heterocycles. The van der Waals surface area contributed by atoms with Gasteiger partial charge in [0.15, 0.2) is 0 Å². The molecular formula is C16H19NO2S. The van der Waals surface area contributed by atoms with E-state index in [4.69, 9.17) is 0 Å². The Kier molecular flexibility index (Phi) is 3.52. The molecule has 1 fully saturated rings. The molecule has 1 aliphatic rings. The zero-order valence-electron chi connectivity index (χ0n) is 11.6. The number of carboxylic acids is 1. The van der Waals surface area contributed by atoms with Crippen LogP contribution in [0.4, 0.5) is 0 Å². The van der Waals surface area contributed by atoms with Gasteiger partial charge in [-0.2, -0.15) is 0 Å². The van der Waals surface area contributed by atoms with Crippen LogP contribution in [0.15, 0.2) is 24.3 Å². The number of rotatable bonds is 5. The number of hydrogen-bond donors (Lipinski definition) is 2. The van der Waals surface area contributed by atoms with Gasteiger partial charge in [0.25, 0.3) is 0 Å². The summed E-state index contributed by atoms with van der Waals surface area (Å²) >= 11 is 1.37. The van der Waals surface area contributed by atoms with E-state index >= 15 is 0 Å². The van der Waals surface area contributed by atoms with Crippen LogP contribution in [0.1, 0.15) is 41.4 Å². The fraction of sp³-hybridized carbons (Fsp3) is 0.438. The van der Waals surface area contributed by atoms with Crippen LogP contribution in [-0.4, -0.2) is 17.6 Å². The molecule has 20 heavy (non-hydrogen) atoms. The average molecular weight is 289 g/mol. The van der Waals surface area contributed by atoms with Gasteiger partial charge in [-0.15, -0.1) is 11.3 Å². The van der Waals surface area contributed by atoms with Crippen molar-refractivity contribution in [3.63, 3.8) is 0 Å². The van der Waals surface area contributed by atoms with Crippen LogP contribution in [0.3, 0.4) is 0 Å². The molecule has 106 valence electrons. The van der Waals surface area contributed by atoms with Gasteiger partial charge in [-0.25, -0.2) is 4.79 Å². The van der Waals surface area contributed by atoms with Gasteiger partial charge in [-0.05, 0) is 35.3 Å². The van der Waals surface area contributed by atoms with Crippen LogP contribution in [-0.2, 0) is 6.54 Å². The highest BCUT2D eigenvalue weighted by Crippen LogP contribution is 2.39. The van der Waals surface area contributed by atoms with E-state index in [9.17, 15) is 9.90 Å². The van der Waals surface area contributed by atoms with Gasteiger partial charge in [0.2, 0.25) is 0 Å². The van der Waals surface area contributed by atoms with Gasteiger partial charge in [0, 0.05) is 17.8 Å². The van der Waals surface area contributed by atoms with Crippen molar-refractivity contribution in [3.05, 3.63) is 34.7 Å². The maximum absolute atomic E-state index is 11.4. The van der Waals surface area contributed by atoms with Crippen LogP contribution in [0.5, 0.6) is 0 Å². The summed E-state index contributed by atoms with van der Waals surface area (Å²) in [6.45, 7) is 3.91. The van der Waals surface area contributed by atoms with Gasteiger partial charge >= 0.3 is 5.97 Å². The SMILES string of the molecule is CC1(CNCc2c(C(=O)O)sc3ccccc23)CCC1. The van der Waals surface area contributed by atoms with E-state index in [1.54, 1.807) is 0 Å². The lowest BCUT2D eigenvalue weighted by Gasteiger charge is -2.38. The third-order valence-electron chi connectivity index (χ3n) is 4.31. The Morgan fingerprint density at radius 1 is 1.40 bits per heavy atom. The summed E-state index contributed by atoms with van der Waals surface area (Å²) in [5.74, 6) is -0.821. The van der Waals surface area contributed by atoms with E-state index in [1.165, 1.54) is 30.6 Å². The number of thiophene rings is 1. The summed E-state index contributed by atoms with van der Waals surface area (Å²) in [7, 11) is 0. The molecule has 0 atom stereocenters. The normalized spacial score (nSPS) is 17.1. The van der Waals surface area contributed by atoms with Crippen molar-refractivity contribution < 1.29 is 9.90 Å². The highest BCUT2D eigenvalue weighted by Gasteiger charge is 2.31. The van der Waals surface area contributed by atoms with E-state index in [0.29, 0.717) is 16.8 Å². The first-order valence-electron chi connectivity index (χ1n) is 7.03. The quantitative estimate of drug-likeness (QED) is 0.878. The lowest BCUT2D eigenvalue weighted by molar-refractivity contribution is 0.0701. The van der Waals surface area contributed by atoms with Gasteiger partial charge in [-0.3, -0.25) is 0 Å².